The van der Waals surface area contributed by atoms with E-state index in [1.165, 1.54) is 0 Å². The second-order valence-electron chi connectivity index (χ2n) is 4.24. The first-order valence-electron chi connectivity index (χ1n) is 5.87. The Morgan fingerprint density at radius 2 is 2.11 bits per heavy atom. The molecule has 1 atom stereocenters. The van der Waals surface area contributed by atoms with Crippen LogP contribution in [0.15, 0.2) is 60.4 Å². The molecule has 0 heterocycles. The molecule has 0 bridgehead atoms. The van der Waals surface area contributed by atoms with E-state index in [0.29, 0.717) is 6.42 Å². The summed E-state index contributed by atoms with van der Waals surface area (Å²) in [4.78, 5) is 0. The maximum atomic E-state index is 9.36. The Labute approximate surface area is 108 Å². The number of rotatable bonds is 3. The average molecular weight is 237 g/mol. The predicted molar refractivity (Wildman–Crippen MR) is 72.4 cm³/mol. The first kappa shape index (κ1) is 12.2. The number of methoxy groups -OCH3 is 1. The van der Waals surface area contributed by atoms with Crippen molar-refractivity contribution in [3.8, 4) is 6.07 Å². The van der Waals surface area contributed by atoms with Crippen LogP contribution in [0.25, 0.3) is 6.08 Å². The summed E-state index contributed by atoms with van der Waals surface area (Å²) < 4.78 is 5.13. The van der Waals surface area contributed by atoms with Crippen molar-refractivity contribution in [1.82, 2.24) is 0 Å². The van der Waals surface area contributed by atoms with Gasteiger partial charge in [0, 0.05) is 0 Å². The summed E-state index contributed by atoms with van der Waals surface area (Å²) in [5.41, 5.74) is 0.541. The van der Waals surface area contributed by atoms with Gasteiger partial charge in [0.05, 0.1) is 18.6 Å². The Morgan fingerprint density at radius 1 is 1.33 bits per heavy atom. The molecular weight excluding hydrogens is 222 g/mol. The topological polar surface area (TPSA) is 33.0 Å². The average Bonchev–Trinajstić information content (AvgIpc) is 2.47. The van der Waals surface area contributed by atoms with Crippen molar-refractivity contribution >= 4 is 6.08 Å². The number of hydrogen-bond acceptors (Lipinski definition) is 2. The lowest BCUT2D eigenvalue weighted by Gasteiger charge is -2.20. The van der Waals surface area contributed by atoms with Gasteiger partial charge < -0.3 is 4.74 Å². The molecule has 0 aromatic heterocycles. The van der Waals surface area contributed by atoms with E-state index in [1.54, 1.807) is 7.11 Å². The van der Waals surface area contributed by atoms with Crippen LogP contribution >= 0.6 is 0 Å². The minimum absolute atomic E-state index is 0.558. The summed E-state index contributed by atoms with van der Waals surface area (Å²) in [7, 11) is 1.63. The third kappa shape index (κ3) is 2.70. The SMILES string of the molecule is COC1=CCC(C#N)(/C=C/c2ccccc2)C=C1. The summed E-state index contributed by atoms with van der Waals surface area (Å²) >= 11 is 0. The molecule has 1 aromatic carbocycles. The van der Waals surface area contributed by atoms with Gasteiger partial charge in [0.2, 0.25) is 0 Å². The molecule has 0 aliphatic heterocycles. The van der Waals surface area contributed by atoms with E-state index in [-0.39, 0.29) is 0 Å². The molecule has 90 valence electrons. The van der Waals surface area contributed by atoms with Gasteiger partial charge in [-0.25, -0.2) is 0 Å². The molecule has 1 aromatic rings. The monoisotopic (exact) mass is 237 g/mol. The molecule has 1 aliphatic carbocycles. The fourth-order valence-corrected chi connectivity index (χ4v) is 1.84. The molecule has 2 rings (SSSR count). The molecule has 0 N–H and O–H groups in total. The van der Waals surface area contributed by atoms with E-state index in [0.717, 1.165) is 11.3 Å². The van der Waals surface area contributed by atoms with Crippen LogP contribution in [0.2, 0.25) is 0 Å². The van der Waals surface area contributed by atoms with Crippen LogP contribution in [0, 0.1) is 16.7 Å². The van der Waals surface area contributed by atoms with Gasteiger partial charge in [0.1, 0.15) is 5.76 Å². The van der Waals surface area contributed by atoms with Crippen LogP contribution in [0.4, 0.5) is 0 Å². The van der Waals surface area contributed by atoms with Crippen molar-refractivity contribution in [2.75, 3.05) is 7.11 Å². The van der Waals surface area contributed by atoms with Gasteiger partial charge in [0.15, 0.2) is 0 Å². The van der Waals surface area contributed by atoms with Gasteiger partial charge >= 0.3 is 0 Å². The number of allylic oxidation sites excluding steroid dienone is 4. The highest BCUT2D eigenvalue weighted by atomic mass is 16.5. The van der Waals surface area contributed by atoms with Crippen molar-refractivity contribution in [1.29, 1.82) is 5.26 Å². The molecule has 1 aliphatic rings. The van der Waals surface area contributed by atoms with Crippen molar-refractivity contribution in [3.05, 3.63) is 66.0 Å². The van der Waals surface area contributed by atoms with E-state index in [1.807, 2.05) is 60.7 Å². The van der Waals surface area contributed by atoms with Gasteiger partial charge in [0.25, 0.3) is 0 Å². The molecular formula is C16H15NO. The van der Waals surface area contributed by atoms with Crippen molar-refractivity contribution in [2.45, 2.75) is 6.42 Å². The maximum Gasteiger partial charge on any atom is 0.114 e. The van der Waals surface area contributed by atoms with Gasteiger partial charge in [-0.1, -0.05) is 48.6 Å². The molecule has 0 saturated heterocycles. The van der Waals surface area contributed by atoms with E-state index in [2.05, 4.69) is 6.07 Å². The molecule has 0 radical (unpaired) electrons. The van der Waals surface area contributed by atoms with Crippen LogP contribution < -0.4 is 0 Å². The number of ether oxygens (including phenoxy) is 1. The zero-order valence-electron chi connectivity index (χ0n) is 10.3. The first-order valence-corrected chi connectivity index (χ1v) is 5.87. The molecule has 2 nitrogen and oxygen atoms in total. The third-order valence-corrected chi connectivity index (χ3v) is 3.00. The molecule has 2 heteroatoms. The molecule has 1 unspecified atom stereocenters. The fraction of sp³-hybridized carbons (Fsp3) is 0.188. The Balaban J connectivity index is 2.17. The van der Waals surface area contributed by atoms with E-state index < -0.39 is 5.41 Å². The molecule has 0 amide bonds. The number of nitriles is 1. The van der Waals surface area contributed by atoms with Crippen molar-refractivity contribution < 1.29 is 4.74 Å². The van der Waals surface area contributed by atoms with E-state index in [4.69, 9.17) is 4.74 Å². The highest BCUT2D eigenvalue weighted by molar-refractivity contribution is 5.52. The van der Waals surface area contributed by atoms with Crippen LogP contribution in [-0.2, 0) is 4.74 Å². The number of nitrogens with zero attached hydrogens (tertiary/aromatic N) is 1. The first-order chi connectivity index (χ1) is 8.78. The molecule has 0 saturated carbocycles. The third-order valence-electron chi connectivity index (χ3n) is 3.00. The van der Waals surface area contributed by atoms with Crippen LogP contribution in [-0.4, -0.2) is 7.11 Å². The standard InChI is InChI=1S/C16H15NO/c1-18-15-8-11-16(13-17,12-9-15)10-7-14-5-3-2-4-6-14/h2-11H,12H2,1H3/b10-7+. The Bertz CT molecular complexity index is 534. The zero-order chi connectivity index (χ0) is 12.8. The Kier molecular flexibility index (Phi) is 3.64. The quantitative estimate of drug-likeness (QED) is 0.803. The number of hydrogen-bond donors (Lipinski definition) is 0. The highest BCUT2D eigenvalue weighted by Gasteiger charge is 2.25. The zero-order valence-corrected chi connectivity index (χ0v) is 10.3. The van der Waals surface area contributed by atoms with E-state index in [9.17, 15) is 5.26 Å². The predicted octanol–water partition coefficient (Wildman–Crippen LogP) is 3.70. The van der Waals surface area contributed by atoms with Crippen LogP contribution in [0.5, 0.6) is 0 Å². The summed E-state index contributed by atoms with van der Waals surface area (Å²) in [6.45, 7) is 0. The van der Waals surface area contributed by atoms with E-state index >= 15 is 0 Å². The summed E-state index contributed by atoms with van der Waals surface area (Å²) in [6, 6.07) is 12.3. The molecule has 0 spiro atoms. The van der Waals surface area contributed by atoms with Gasteiger partial charge in [-0.3, -0.25) is 0 Å². The minimum Gasteiger partial charge on any atom is -0.497 e. The normalized spacial score (nSPS) is 22.6. The van der Waals surface area contributed by atoms with Gasteiger partial charge in [-0.2, -0.15) is 5.26 Å². The van der Waals surface area contributed by atoms with Gasteiger partial charge in [-0.15, -0.1) is 0 Å². The number of benzene rings is 1. The molecule has 0 fully saturated rings. The highest BCUT2D eigenvalue weighted by Crippen LogP contribution is 2.31. The Hall–Kier alpha value is -2.27. The lowest BCUT2D eigenvalue weighted by atomic mass is 9.82. The summed E-state index contributed by atoms with van der Waals surface area (Å²) in [5.74, 6) is 0.814. The van der Waals surface area contributed by atoms with Crippen LogP contribution in [0.3, 0.4) is 0 Å². The van der Waals surface area contributed by atoms with Crippen LogP contribution in [0.1, 0.15) is 12.0 Å². The Morgan fingerprint density at radius 3 is 2.67 bits per heavy atom. The lowest BCUT2D eigenvalue weighted by Crippen LogP contribution is -2.14. The summed E-state index contributed by atoms with van der Waals surface area (Å²) in [5, 5.41) is 9.36. The van der Waals surface area contributed by atoms with Crippen molar-refractivity contribution in [2.24, 2.45) is 5.41 Å². The molecule has 18 heavy (non-hydrogen) atoms. The minimum atomic E-state index is -0.558. The van der Waals surface area contributed by atoms with Crippen molar-refractivity contribution in [3.63, 3.8) is 0 Å². The second-order valence-corrected chi connectivity index (χ2v) is 4.24. The van der Waals surface area contributed by atoms with Gasteiger partial charge in [-0.05, 0) is 24.1 Å². The fourth-order valence-electron chi connectivity index (χ4n) is 1.84. The smallest absolute Gasteiger partial charge is 0.114 e. The maximum absolute atomic E-state index is 9.36. The second kappa shape index (κ2) is 5.37. The lowest BCUT2D eigenvalue weighted by molar-refractivity contribution is 0.300. The summed E-state index contributed by atoms with van der Waals surface area (Å²) in [6.07, 6.45) is 10.3. The largest absolute Gasteiger partial charge is 0.497 e.